The Bertz CT molecular complexity index is 851. The van der Waals surface area contributed by atoms with Crippen molar-refractivity contribution in [1.82, 2.24) is 5.32 Å². The first-order valence-corrected chi connectivity index (χ1v) is 8.65. The van der Waals surface area contributed by atoms with Crippen LogP contribution in [0.1, 0.15) is 32.6 Å². The Labute approximate surface area is 158 Å². The van der Waals surface area contributed by atoms with E-state index in [1.165, 1.54) is 0 Å². The summed E-state index contributed by atoms with van der Waals surface area (Å²) >= 11 is 0. The van der Waals surface area contributed by atoms with Gasteiger partial charge in [0, 0.05) is 5.69 Å². The SMILES string of the molecule is Cc1cc(C)c(NC(=O)CNC(=O)COC(=O)c2ccccc2C)c(C)c1. The largest absolute Gasteiger partial charge is 0.452 e. The maximum Gasteiger partial charge on any atom is 0.338 e. The van der Waals surface area contributed by atoms with Gasteiger partial charge in [-0.1, -0.05) is 35.9 Å². The van der Waals surface area contributed by atoms with Crippen molar-refractivity contribution >= 4 is 23.5 Å². The third kappa shape index (κ3) is 5.67. The average molecular weight is 368 g/mol. The summed E-state index contributed by atoms with van der Waals surface area (Å²) in [5.41, 5.74) is 4.95. The van der Waals surface area contributed by atoms with Crippen LogP contribution in [0, 0.1) is 27.7 Å². The Morgan fingerprint density at radius 3 is 2.15 bits per heavy atom. The summed E-state index contributed by atoms with van der Waals surface area (Å²) in [6.07, 6.45) is 0. The quantitative estimate of drug-likeness (QED) is 0.768. The zero-order valence-electron chi connectivity index (χ0n) is 16.0. The molecule has 2 N–H and O–H groups in total. The molecule has 0 bridgehead atoms. The van der Waals surface area contributed by atoms with E-state index in [1.807, 2.05) is 39.0 Å². The summed E-state index contributed by atoms with van der Waals surface area (Å²) in [5, 5.41) is 5.24. The molecule has 0 aromatic heterocycles. The van der Waals surface area contributed by atoms with E-state index < -0.39 is 18.5 Å². The van der Waals surface area contributed by atoms with Crippen LogP contribution < -0.4 is 10.6 Å². The van der Waals surface area contributed by atoms with Gasteiger partial charge in [-0.05, 0) is 50.5 Å². The first-order chi connectivity index (χ1) is 12.8. The van der Waals surface area contributed by atoms with Crippen LogP contribution in [0.4, 0.5) is 5.69 Å². The molecule has 0 saturated carbocycles. The van der Waals surface area contributed by atoms with Crippen molar-refractivity contribution < 1.29 is 19.1 Å². The zero-order chi connectivity index (χ0) is 20.0. The summed E-state index contributed by atoms with van der Waals surface area (Å²) in [5.74, 6) is -1.45. The van der Waals surface area contributed by atoms with E-state index in [-0.39, 0.29) is 12.5 Å². The lowest BCUT2D eigenvalue weighted by Crippen LogP contribution is -2.35. The van der Waals surface area contributed by atoms with Crippen molar-refractivity contribution in [2.45, 2.75) is 27.7 Å². The zero-order valence-corrected chi connectivity index (χ0v) is 16.0. The first-order valence-electron chi connectivity index (χ1n) is 8.65. The van der Waals surface area contributed by atoms with E-state index in [9.17, 15) is 14.4 Å². The van der Waals surface area contributed by atoms with Crippen LogP contribution in [0.15, 0.2) is 36.4 Å². The molecule has 0 aliphatic rings. The molecule has 142 valence electrons. The molecule has 0 fully saturated rings. The van der Waals surface area contributed by atoms with Crippen LogP contribution in [0.3, 0.4) is 0 Å². The van der Waals surface area contributed by atoms with Crippen LogP contribution in [-0.2, 0) is 14.3 Å². The molecule has 0 radical (unpaired) electrons. The number of ether oxygens (including phenoxy) is 1. The third-order valence-corrected chi connectivity index (χ3v) is 4.09. The smallest absolute Gasteiger partial charge is 0.338 e. The van der Waals surface area contributed by atoms with Gasteiger partial charge in [-0.2, -0.15) is 0 Å². The summed E-state index contributed by atoms with van der Waals surface area (Å²) in [4.78, 5) is 35.9. The van der Waals surface area contributed by atoms with Gasteiger partial charge in [-0.3, -0.25) is 9.59 Å². The number of carbonyl (C=O) groups excluding carboxylic acids is 3. The standard InChI is InChI=1S/C21H24N2O4/c1-13-9-15(3)20(16(4)10-13)23-18(24)11-22-19(25)12-27-21(26)17-8-6-5-7-14(17)2/h5-10H,11-12H2,1-4H3,(H,22,25)(H,23,24). The van der Waals surface area contributed by atoms with Crippen LogP contribution in [0.25, 0.3) is 0 Å². The number of carbonyl (C=O) groups is 3. The molecule has 2 aromatic carbocycles. The first kappa shape index (κ1) is 20.2. The number of anilines is 1. The number of nitrogens with one attached hydrogen (secondary N) is 2. The van der Waals surface area contributed by atoms with Crippen molar-refractivity contribution in [3.63, 3.8) is 0 Å². The van der Waals surface area contributed by atoms with Crippen molar-refractivity contribution in [3.05, 3.63) is 64.2 Å². The molecule has 0 unspecified atom stereocenters. The molecule has 27 heavy (non-hydrogen) atoms. The number of esters is 1. The molecular formula is C21H24N2O4. The third-order valence-electron chi connectivity index (χ3n) is 4.09. The molecule has 2 rings (SSSR count). The lowest BCUT2D eigenvalue weighted by molar-refractivity contribution is -0.126. The molecule has 2 amide bonds. The lowest BCUT2D eigenvalue weighted by atomic mass is 10.1. The molecule has 0 aliphatic heterocycles. The Morgan fingerprint density at radius 1 is 0.889 bits per heavy atom. The van der Waals surface area contributed by atoms with Crippen molar-refractivity contribution in [2.24, 2.45) is 0 Å². The predicted molar refractivity (Wildman–Crippen MR) is 104 cm³/mol. The second kappa shape index (κ2) is 8.98. The van der Waals surface area contributed by atoms with Crippen molar-refractivity contribution in [2.75, 3.05) is 18.5 Å². The molecule has 0 atom stereocenters. The van der Waals surface area contributed by atoms with Gasteiger partial charge < -0.3 is 15.4 Å². The number of hydrogen-bond donors (Lipinski definition) is 2. The van der Waals surface area contributed by atoms with E-state index in [1.54, 1.807) is 25.1 Å². The van der Waals surface area contributed by atoms with Crippen molar-refractivity contribution in [3.8, 4) is 0 Å². The minimum Gasteiger partial charge on any atom is -0.452 e. The van der Waals surface area contributed by atoms with Crippen LogP contribution >= 0.6 is 0 Å². The van der Waals surface area contributed by atoms with E-state index in [0.29, 0.717) is 5.56 Å². The number of hydrogen-bond acceptors (Lipinski definition) is 4. The van der Waals surface area contributed by atoms with Gasteiger partial charge in [0.2, 0.25) is 5.91 Å². The van der Waals surface area contributed by atoms with Gasteiger partial charge in [0.1, 0.15) is 0 Å². The fraction of sp³-hybridized carbons (Fsp3) is 0.286. The molecule has 0 aliphatic carbocycles. The van der Waals surface area contributed by atoms with E-state index in [2.05, 4.69) is 10.6 Å². The van der Waals surface area contributed by atoms with E-state index in [0.717, 1.165) is 27.9 Å². The summed E-state index contributed by atoms with van der Waals surface area (Å²) in [6.45, 7) is 6.97. The highest BCUT2D eigenvalue weighted by atomic mass is 16.5. The van der Waals surface area contributed by atoms with Gasteiger partial charge in [-0.25, -0.2) is 4.79 Å². The summed E-state index contributed by atoms with van der Waals surface area (Å²) < 4.78 is 4.99. The van der Waals surface area contributed by atoms with Gasteiger partial charge in [0.25, 0.3) is 5.91 Å². The van der Waals surface area contributed by atoms with Crippen LogP contribution in [0.2, 0.25) is 0 Å². The Kier molecular flexibility index (Phi) is 6.71. The highest BCUT2D eigenvalue weighted by Crippen LogP contribution is 2.21. The second-order valence-corrected chi connectivity index (χ2v) is 6.49. The maximum atomic E-state index is 12.1. The van der Waals surface area contributed by atoms with Gasteiger partial charge in [-0.15, -0.1) is 0 Å². The van der Waals surface area contributed by atoms with Gasteiger partial charge in [0.05, 0.1) is 12.1 Å². The molecule has 0 saturated heterocycles. The molecule has 0 spiro atoms. The lowest BCUT2D eigenvalue weighted by Gasteiger charge is -2.13. The van der Waals surface area contributed by atoms with Crippen molar-refractivity contribution in [1.29, 1.82) is 0 Å². The number of aryl methyl sites for hydroxylation is 4. The molecule has 0 heterocycles. The minimum absolute atomic E-state index is 0.201. The fourth-order valence-corrected chi connectivity index (χ4v) is 2.80. The average Bonchev–Trinajstić information content (AvgIpc) is 2.61. The maximum absolute atomic E-state index is 12.1. The van der Waals surface area contributed by atoms with E-state index >= 15 is 0 Å². The Hall–Kier alpha value is -3.15. The van der Waals surface area contributed by atoms with Crippen LogP contribution in [-0.4, -0.2) is 30.9 Å². The number of benzene rings is 2. The normalized spacial score (nSPS) is 10.2. The second-order valence-electron chi connectivity index (χ2n) is 6.49. The van der Waals surface area contributed by atoms with E-state index in [4.69, 9.17) is 4.74 Å². The minimum atomic E-state index is -0.571. The number of amides is 2. The molecular weight excluding hydrogens is 344 g/mol. The highest BCUT2D eigenvalue weighted by molar-refractivity contribution is 5.96. The fourth-order valence-electron chi connectivity index (χ4n) is 2.80. The molecule has 6 heteroatoms. The predicted octanol–water partition coefficient (Wildman–Crippen LogP) is 2.83. The Morgan fingerprint density at radius 2 is 1.52 bits per heavy atom. The van der Waals surface area contributed by atoms with Gasteiger partial charge >= 0.3 is 5.97 Å². The monoisotopic (exact) mass is 368 g/mol. The summed E-state index contributed by atoms with van der Waals surface area (Å²) in [7, 11) is 0. The summed E-state index contributed by atoms with van der Waals surface area (Å²) in [6, 6.07) is 10.9. The molecule has 6 nitrogen and oxygen atoms in total. The van der Waals surface area contributed by atoms with Crippen LogP contribution in [0.5, 0.6) is 0 Å². The Balaban J connectivity index is 1.81. The topological polar surface area (TPSA) is 84.5 Å². The van der Waals surface area contributed by atoms with Gasteiger partial charge in [0.15, 0.2) is 6.61 Å². The highest BCUT2D eigenvalue weighted by Gasteiger charge is 2.13. The number of rotatable bonds is 6. The molecule has 2 aromatic rings.